The molecular formula is C8H16N2. The van der Waals surface area contributed by atoms with Crippen LogP contribution in [0.5, 0.6) is 0 Å². The van der Waals surface area contributed by atoms with Crippen LogP contribution in [0.15, 0.2) is 23.9 Å². The Labute approximate surface area is 63.0 Å². The third-order valence-corrected chi connectivity index (χ3v) is 1.19. The van der Waals surface area contributed by atoms with E-state index in [9.17, 15) is 0 Å². The average molecular weight is 140 g/mol. The van der Waals surface area contributed by atoms with Crippen LogP contribution < -0.4 is 5.73 Å². The van der Waals surface area contributed by atoms with Crippen LogP contribution in [0.25, 0.3) is 0 Å². The summed E-state index contributed by atoms with van der Waals surface area (Å²) in [6.45, 7) is 2.60. The first-order chi connectivity index (χ1) is 4.70. The molecule has 0 saturated heterocycles. The number of hydrogen-bond donors (Lipinski definition) is 1. The fraction of sp³-hybridized carbons (Fsp3) is 0.500. The summed E-state index contributed by atoms with van der Waals surface area (Å²) in [5.41, 5.74) is 6.59. The third kappa shape index (κ3) is 4.15. The second kappa shape index (κ2) is 5.06. The summed E-state index contributed by atoms with van der Waals surface area (Å²) in [6, 6.07) is 0. The summed E-state index contributed by atoms with van der Waals surface area (Å²) < 4.78 is 0. The molecule has 0 radical (unpaired) electrons. The summed E-state index contributed by atoms with van der Waals surface area (Å²) in [5, 5.41) is 0. The van der Waals surface area contributed by atoms with E-state index in [0.717, 1.165) is 5.57 Å². The van der Waals surface area contributed by atoms with E-state index in [1.807, 2.05) is 44.3 Å². The zero-order valence-electron chi connectivity index (χ0n) is 6.96. The molecule has 0 rings (SSSR count). The van der Waals surface area contributed by atoms with E-state index in [-0.39, 0.29) is 0 Å². The lowest BCUT2D eigenvalue weighted by molar-refractivity contribution is 0.563. The van der Waals surface area contributed by atoms with E-state index in [1.165, 1.54) is 0 Å². The highest BCUT2D eigenvalue weighted by Crippen LogP contribution is 1.93. The second-order valence-electron chi connectivity index (χ2n) is 2.35. The van der Waals surface area contributed by atoms with Crippen molar-refractivity contribution in [2.75, 3.05) is 20.6 Å². The molecule has 0 aliphatic carbocycles. The molecule has 0 bridgehead atoms. The Bertz CT molecular complexity index is 134. The molecule has 2 N–H and O–H groups in total. The van der Waals surface area contributed by atoms with Crippen LogP contribution in [0, 0.1) is 0 Å². The van der Waals surface area contributed by atoms with E-state index >= 15 is 0 Å². The van der Waals surface area contributed by atoms with Gasteiger partial charge in [0.2, 0.25) is 0 Å². The van der Waals surface area contributed by atoms with Crippen molar-refractivity contribution in [1.82, 2.24) is 4.90 Å². The quantitative estimate of drug-likeness (QED) is 0.592. The van der Waals surface area contributed by atoms with Crippen LogP contribution in [0.1, 0.15) is 6.92 Å². The lowest BCUT2D eigenvalue weighted by atomic mass is 10.2. The van der Waals surface area contributed by atoms with Crippen LogP contribution in [-0.4, -0.2) is 25.5 Å². The molecule has 0 fully saturated rings. The maximum Gasteiger partial charge on any atom is 0.0175 e. The van der Waals surface area contributed by atoms with Crippen LogP contribution >= 0.6 is 0 Å². The largest absolute Gasteiger partial charge is 0.383 e. The van der Waals surface area contributed by atoms with Gasteiger partial charge >= 0.3 is 0 Å². The summed E-state index contributed by atoms with van der Waals surface area (Å²) >= 11 is 0. The molecule has 0 aromatic carbocycles. The first-order valence-electron chi connectivity index (χ1n) is 3.40. The Balaban J connectivity index is 3.86. The van der Waals surface area contributed by atoms with Gasteiger partial charge in [-0.3, -0.25) is 0 Å². The summed E-state index contributed by atoms with van der Waals surface area (Å²) in [7, 11) is 3.97. The highest BCUT2D eigenvalue weighted by atomic mass is 15.0. The van der Waals surface area contributed by atoms with Gasteiger partial charge in [-0.25, -0.2) is 0 Å². The summed E-state index contributed by atoms with van der Waals surface area (Å²) in [4.78, 5) is 1.99. The number of allylic oxidation sites excluding steroid dienone is 1. The molecule has 10 heavy (non-hydrogen) atoms. The first kappa shape index (κ1) is 9.24. The first-order valence-corrected chi connectivity index (χ1v) is 3.40. The maximum absolute atomic E-state index is 5.43. The predicted octanol–water partition coefficient (Wildman–Crippen LogP) is 0.967. The van der Waals surface area contributed by atoms with E-state index < -0.39 is 0 Å². The van der Waals surface area contributed by atoms with Gasteiger partial charge in [-0.2, -0.15) is 0 Å². The number of hydrogen-bond acceptors (Lipinski definition) is 2. The molecule has 0 atom stereocenters. The Kier molecular flexibility index (Phi) is 4.67. The fourth-order valence-electron chi connectivity index (χ4n) is 0.527. The standard InChI is InChI=1S/C8H16N2/c1-4-8(7-9)5-6-10(2)3/h4-6H,7,9H2,1-3H3/b6-5-,8-4+. The fourth-order valence-corrected chi connectivity index (χ4v) is 0.527. The van der Waals surface area contributed by atoms with Crippen molar-refractivity contribution >= 4 is 0 Å². The number of rotatable bonds is 3. The third-order valence-electron chi connectivity index (χ3n) is 1.19. The van der Waals surface area contributed by atoms with Gasteiger partial charge in [0.05, 0.1) is 0 Å². The molecule has 0 aromatic heterocycles. The van der Waals surface area contributed by atoms with Crippen LogP contribution in [0.2, 0.25) is 0 Å². The topological polar surface area (TPSA) is 29.3 Å². The van der Waals surface area contributed by atoms with Crippen LogP contribution in [-0.2, 0) is 0 Å². The van der Waals surface area contributed by atoms with Gasteiger partial charge in [-0.05, 0) is 24.8 Å². The van der Waals surface area contributed by atoms with Crippen molar-refractivity contribution in [2.24, 2.45) is 5.73 Å². The molecule has 0 saturated carbocycles. The van der Waals surface area contributed by atoms with Crippen molar-refractivity contribution in [2.45, 2.75) is 6.92 Å². The van der Waals surface area contributed by atoms with Crippen LogP contribution in [0.4, 0.5) is 0 Å². The Morgan fingerprint density at radius 3 is 2.40 bits per heavy atom. The van der Waals surface area contributed by atoms with E-state index in [0.29, 0.717) is 6.54 Å². The van der Waals surface area contributed by atoms with Gasteiger partial charge < -0.3 is 10.6 Å². The normalized spacial score (nSPS) is 12.6. The van der Waals surface area contributed by atoms with Gasteiger partial charge in [-0.15, -0.1) is 0 Å². The zero-order chi connectivity index (χ0) is 7.98. The second-order valence-corrected chi connectivity index (χ2v) is 2.35. The summed E-state index contributed by atoms with van der Waals surface area (Å²) in [5.74, 6) is 0. The molecule has 0 unspecified atom stereocenters. The minimum atomic E-state index is 0.612. The minimum Gasteiger partial charge on any atom is -0.383 e. The highest BCUT2D eigenvalue weighted by Gasteiger charge is 1.83. The van der Waals surface area contributed by atoms with Gasteiger partial charge in [0, 0.05) is 20.6 Å². The monoisotopic (exact) mass is 140 g/mol. The van der Waals surface area contributed by atoms with Crippen molar-refractivity contribution in [1.29, 1.82) is 0 Å². The molecule has 2 heteroatoms. The van der Waals surface area contributed by atoms with E-state index in [4.69, 9.17) is 5.73 Å². The SMILES string of the molecule is C/C=C(\C=C/N(C)C)CN. The highest BCUT2D eigenvalue weighted by molar-refractivity contribution is 5.18. The number of nitrogens with two attached hydrogens (primary N) is 1. The van der Waals surface area contributed by atoms with Gasteiger partial charge in [0.15, 0.2) is 0 Å². The van der Waals surface area contributed by atoms with Crippen molar-refractivity contribution in [3.05, 3.63) is 23.9 Å². The van der Waals surface area contributed by atoms with E-state index in [1.54, 1.807) is 0 Å². The Morgan fingerprint density at radius 1 is 1.50 bits per heavy atom. The summed E-state index contributed by atoms with van der Waals surface area (Å²) in [6.07, 6.45) is 6.02. The molecule has 0 spiro atoms. The van der Waals surface area contributed by atoms with Crippen molar-refractivity contribution < 1.29 is 0 Å². The molecule has 0 heterocycles. The Hall–Kier alpha value is -0.760. The van der Waals surface area contributed by atoms with Gasteiger partial charge in [0.1, 0.15) is 0 Å². The molecule has 0 aromatic rings. The zero-order valence-corrected chi connectivity index (χ0v) is 6.96. The molecular weight excluding hydrogens is 124 g/mol. The molecule has 2 nitrogen and oxygen atoms in total. The smallest absolute Gasteiger partial charge is 0.0175 e. The molecule has 58 valence electrons. The predicted molar refractivity (Wildman–Crippen MR) is 45.6 cm³/mol. The molecule has 0 aliphatic heterocycles. The lowest BCUT2D eigenvalue weighted by Crippen LogP contribution is -2.04. The Morgan fingerprint density at radius 2 is 2.10 bits per heavy atom. The van der Waals surface area contributed by atoms with Gasteiger partial charge in [0.25, 0.3) is 0 Å². The lowest BCUT2D eigenvalue weighted by Gasteiger charge is -2.03. The maximum atomic E-state index is 5.43. The molecule has 0 amide bonds. The van der Waals surface area contributed by atoms with Gasteiger partial charge in [-0.1, -0.05) is 6.08 Å². The van der Waals surface area contributed by atoms with Crippen molar-refractivity contribution in [3.63, 3.8) is 0 Å². The average Bonchev–Trinajstić information content (AvgIpc) is 1.90. The number of nitrogens with zero attached hydrogens (tertiary/aromatic N) is 1. The molecule has 0 aliphatic rings. The van der Waals surface area contributed by atoms with E-state index in [2.05, 4.69) is 0 Å². The minimum absolute atomic E-state index is 0.612. The van der Waals surface area contributed by atoms with Crippen LogP contribution in [0.3, 0.4) is 0 Å². The van der Waals surface area contributed by atoms with Crippen molar-refractivity contribution in [3.8, 4) is 0 Å².